The molecule has 2 heterocycles. The van der Waals surface area contributed by atoms with Crippen LogP contribution in [-0.2, 0) is 13.1 Å². The first-order chi connectivity index (χ1) is 14.1. The predicted molar refractivity (Wildman–Crippen MR) is 108 cm³/mol. The molecule has 1 saturated heterocycles. The third-order valence-corrected chi connectivity index (χ3v) is 5.12. The zero-order valence-electron chi connectivity index (χ0n) is 16.4. The number of hydrogen-bond donors (Lipinski definition) is 1. The van der Waals surface area contributed by atoms with Gasteiger partial charge in [0, 0.05) is 13.1 Å². The van der Waals surface area contributed by atoms with Crippen molar-refractivity contribution >= 4 is 5.91 Å². The smallest absolute Gasteiger partial charge is 0.291 e. The third kappa shape index (κ3) is 4.68. The van der Waals surface area contributed by atoms with Crippen LogP contribution in [0.25, 0.3) is 5.69 Å². The molecule has 3 aromatic rings. The van der Waals surface area contributed by atoms with E-state index in [1.54, 1.807) is 19.1 Å². The highest BCUT2D eigenvalue weighted by Gasteiger charge is 2.15. The van der Waals surface area contributed by atoms with Crippen molar-refractivity contribution in [2.45, 2.75) is 32.9 Å². The van der Waals surface area contributed by atoms with Crippen molar-refractivity contribution < 1.29 is 9.18 Å². The molecule has 1 N–H and O–H groups in total. The number of halogens is 1. The minimum absolute atomic E-state index is 0.0949. The maximum absolute atomic E-state index is 13.1. The number of likely N-dealkylation sites (tertiary alicyclic amines) is 1. The van der Waals surface area contributed by atoms with Crippen molar-refractivity contribution in [3.05, 3.63) is 77.1 Å². The van der Waals surface area contributed by atoms with E-state index in [1.165, 1.54) is 48.3 Å². The highest BCUT2D eigenvalue weighted by Crippen LogP contribution is 2.14. The fourth-order valence-electron chi connectivity index (χ4n) is 3.54. The fraction of sp³-hybridized carbons (Fsp3) is 0.318. The zero-order chi connectivity index (χ0) is 20.2. The summed E-state index contributed by atoms with van der Waals surface area (Å²) in [6.45, 7) is 5.50. The Balaban J connectivity index is 1.36. The van der Waals surface area contributed by atoms with E-state index in [-0.39, 0.29) is 17.5 Å². The molecule has 2 aromatic carbocycles. The number of nitrogens with one attached hydrogen (secondary N) is 1. The molecule has 1 aliphatic heterocycles. The monoisotopic (exact) mass is 393 g/mol. The maximum atomic E-state index is 13.1. The van der Waals surface area contributed by atoms with E-state index in [1.807, 2.05) is 12.1 Å². The molecule has 0 unspecified atom stereocenters. The van der Waals surface area contributed by atoms with E-state index in [0.29, 0.717) is 18.1 Å². The van der Waals surface area contributed by atoms with Crippen LogP contribution in [0.2, 0.25) is 0 Å². The van der Waals surface area contributed by atoms with Gasteiger partial charge < -0.3 is 5.32 Å². The van der Waals surface area contributed by atoms with Crippen molar-refractivity contribution in [2.24, 2.45) is 0 Å². The molecule has 6 nitrogen and oxygen atoms in total. The van der Waals surface area contributed by atoms with Gasteiger partial charge in [0.15, 0.2) is 0 Å². The van der Waals surface area contributed by atoms with Crippen molar-refractivity contribution in [1.29, 1.82) is 0 Å². The summed E-state index contributed by atoms with van der Waals surface area (Å²) in [7, 11) is 0. The lowest BCUT2D eigenvalue weighted by Gasteiger charge is -2.14. The SMILES string of the molecule is Cc1nc(C(=O)NCc2ccc(CN3CCCC3)cc2)nn1-c1ccc(F)cc1. The quantitative estimate of drug-likeness (QED) is 0.698. The average Bonchev–Trinajstić information content (AvgIpc) is 3.37. The topological polar surface area (TPSA) is 63.1 Å². The molecule has 7 heteroatoms. The van der Waals surface area contributed by atoms with E-state index >= 15 is 0 Å². The number of aromatic nitrogens is 3. The van der Waals surface area contributed by atoms with Crippen molar-refractivity contribution in [2.75, 3.05) is 13.1 Å². The maximum Gasteiger partial charge on any atom is 0.291 e. The summed E-state index contributed by atoms with van der Waals surface area (Å²) in [5.74, 6) is -0.00320. The van der Waals surface area contributed by atoms with E-state index in [9.17, 15) is 9.18 Å². The van der Waals surface area contributed by atoms with Crippen molar-refractivity contribution in [3.8, 4) is 5.69 Å². The Hall–Kier alpha value is -3.06. The minimum atomic E-state index is -0.338. The van der Waals surface area contributed by atoms with E-state index in [4.69, 9.17) is 0 Å². The lowest BCUT2D eigenvalue weighted by Crippen LogP contribution is -2.24. The molecule has 4 rings (SSSR count). The second kappa shape index (κ2) is 8.53. The first-order valence-electron chi connectivity index (χ1n) is 9.86. The second-order valence-corrected chi connectivity index (χ2v) is 7.35. The van der Waals surface area contributed by atoms with Gasteiger partial charge in [-0.3, -0.25) is 9.69 Å². The van der Waals surface area contributed by atoms with Gasteiger partial charge in [0.2, 0.25) is 5.82 Å². The van der Waals surface area contributed by atoms with Crippen LogP contribution in [0.4, 0.5) is 4.39 Å². The largest absolute Gasteiger partial charge is 0.345 e. The summed E-state index contributed by atoms with van der Waals surface area (Å²) < 4.78 is 14.6. The Bertz CT molecular complexity index is 975. The van der Waals surface area contributed by atoms with Crippen molar-refractivity contribution in [1.82, 2.24) is 25.0 Å². The number of rotatable bonds is 6. The molecule has 1 aromatic heterocycles. The first-order valence-corrected chi connectivity index (χ1v) is 9.86. The first kappa shape index (κ1) is 19.3. The molecule has 1 fully saturated rings. The Morgan fingerprint density at radius 3 is 2.38 bits per heavy atom. The summed E-state index contributed by atoms with van der Waals surface area (Å²) in [6.07, 6.45) is 2.57. The number of hydrogen-bond acceptors (Lipinski definition) is 4. The van der Waals surface area contributed by atoms with Crippen LogP contribution < -0.4 is 5.32 Å². The van der Waals surface area contributed by atoms with E-state index < -0.39 is 0 Å². The number of carbonyl (C=O) groups excluding carboxylic acids is 1. The van der Waals surface area contributed by atoms with Gasteiger partial charge >= 0.3 is 0 Å². The van der Waals surface area contributed by atoms with Crippen LogP contribution in [0, 0.1) is 12.7 Å². The van der Waals surface area contributed by atoms with Crippen LogP contribution >= 0.6 is 0 Å². The van der Waals surface area contributed by atoms with Crippen LogP contribution in [0.3, 0.4) is 0 Å². The molecule has 0 spiro atoms. The van der Waals surface area contributed by atoms with E-state index in [0.717, 1.165) is 12.1 Å². The highest BCUT2D eigenvalue weighted by atomic mass is 19.1. The highest BCUT2D eigenvalue weighted by molar-refractivity contribution is 5.90. The predicted octanol–water partition coefficient (Wildman–Crippen LogP) is 3.24. The molecular weight excluding hydrogens is 369 g/mol. The van der Waals surface area contributed by atoms with Gasteiger partial charge in [-0.1, -0.05) is 24.3 Å². The van der Waals surface area contributed by atoms with Gasteiger partial charge in [-0.2, -0.15) is 0 Å². The van der Waals surface area contributed by atoms with Gasteiger partial charge in [0.05, 0.1) is 5.69 Å². The summed E-state index contributed by atoms with van der Waals surface area (Å²) in [5.41, 5.74) is 2.97. The number of amides is 1. The van der Waals surface area contributed by atoms with Gasteiger partial charge in [-0.05, 0) is 68.2 Å². The van der Waals surface area contributed by atoms with Crippen LogP contribution in [0.1, 0.15) is 40.4 Å². The standard InChI is InChI=1S/C22H24FN5O/c1-16-25-21(26-28(16)20-10-8-19(23)9-11-20)22(29)24-14-17-4-6-18(7-5-17)15-27-12-2-3-13-27/h4-11H,2-3,12-15H2,1H3,(H,24,29). The lowest BCUT2D eigenvalue weighted by atomic mass is 10.1. The number of nitrogens with zero attached hydrogens (tertiary/aromatic N) is 4. The minimum Gasteiger partial charge on any atom is -0.345 e. The molecule has 0 saturated carbocycles. The number of carbonyl (C=O) groups is 1. The summed E-state index contributed by atoms with van der Waals surface area (Å²) in [5, 5.41) is 7.12. The van der Waals surface area contributed by atoms with Crippen LogP contribution in [-0.4, -0.2) is 38.7 Å². The van der Waals surface area contributed by atoms with Gasteiger partial charge in [0.25, 0.3) is 5.91 Å². The average molecular weight is 393 g/mol. The van der Waals surface area contributed by atoms with Gasteiger partial charge in [-0.15, -0.1) is 5.10 Å². The Morgan fingerprint density at radius 2 is 1.69 bits per heavy atom. The summed E-state index contributed by atoms with van der Waals surface area (Å²) >= 11 is 0. The van der Waals surface area contributed by atoms with Crippen LogP contribution in [0.5, 0.6) is 0 Å². The molecule has 1 aliphatic rings. The summed E-state index contributed by atoms with van der Waals surface area (Å²) in [4.78, 5) is 19.1. The number of benzene rings is 2. The number of aryl methyl sites for hydroxylation is 1. The van der Waals surface area contributed by atoms with Gasteiger partial charge in [0.1, 0.15) is 11.6 Å². The second-order valence-electron chi connectivity index (χ2n) is 7.35. The Kier molecular flexibility index (Phi) is 5.67. The van der Waals surface area contributed by atoms with Crippen molar-refractivity contribution in [3.63, 3.8) is 0 Å². The molecule has 0 bridgehead atoms. The van der Waals surface area contributed by atoms with Crippen LogP contribution in [0.15, 0.2) is 48.5 Å². The lowest BCUT2D eigenvalue weighted by molar-refractivity contribution is 0.0940. The van der Waals surface area contributed by atoms with Gasteiger partial charge in [-0.25, -0.2) is 14.1 Å². The normalized spacial score (nSPS) is 14.3. The fourth-order valence-corrected chi connectivity index (χ4v) is 3.54. The molecule has 0 atom stereocenters. The molecular formula is C22H24FN5O. The molecule has 150 valence electrons. The van der Waals surface area contributed by atoms with E-state index in [2.05, 4.69) is 32.4 Å². The molecule has 1 amide bonds. The molecule has 29 heavy (non-hydrogen) atoms. The summed E-state index contributed by atoms with van der Waals surface area (Å²) in [6, 6.07) is 14.2. The molecule has 0 aliphatic carbocycles. The third-order valence-electron chi connectivity index (χ3n) is 5.12. The Morgan fingerprint density at radius 1 is 1.03 bits per heavy atom. The zero-order valence-corrected chi connectivity index (χ0v) is 16.4. The Labute approximate surface area is 169 Å². The molecule has 0 radical (unpaired) electrons.